The number of halogens is 3. The molecule has 0 saturated carbocycles. The Morgan fingerprint density at radius 2 is 2.00 bits per heavy atom. The van der Waals surface area contributed by atoms with E-state index in [0.29, 0.717) is 18.1 Å². The lowest BCUT2D eigenvalue weighted by Crippen LogP contribution is -2.45. The highest BCUT2D eigenvalue weighted by atomic mass is 19.4. The van der Waals surface area contributed by atoms with E-state index in [1.807, 2.05) is 6.92 Å². The van der Waals surface area contributed by atoms with Crippen LogP contribution in [0.15, 0.2) is 18.5 Å². The third-order valence-electron chi connectivity index (χ3n) is 3.67. The minimum atomic E-state index is -4.84. The number of aryl methyl sites for hydroxylation is 3. The van der Waals surface area contributed by atoms with E-state index in [9.17, 15) is 18.3 Å². The fourth-order valence-electron chi connectivity index (χ4n) is 2.39. The van der Waals surface area contributed by atoms with E-state index in [1.165, 1.54) is 19.4 Å². The van der Waals surface area contributed by atoms with Crippen molar-refractivity contribution in [1.29, 1.82) is 0 Å². The standard InChI is InChI=1S/C15H20F3N5O/c1-4-11-21-10(2)9-12(22-11)19-6-5-14(24,15(16,17)18)13-20-7-8-23(13)3/h7-9,24H,4-6H2,1-3H3,(H,19,21,22)/t14-/m1/s1. The van der Waals surface area contributed by atoms with Crippen molar-refractivity contribution in [3.05, 3.63) is 35.8 Å². The van der Waals surface area contributed by atoms with Crippen molar-refractivity contribution in [3.63, 3.8) is 0 Å². The van der Waals surface area contributed by atoms with E-state index in [-0.39, 0.29) is 6.54 Å². The van der Waals surface area contributed by atoms with Crippen LogP contribution in [0.25, 0.3) is 0 Å². The van der Waals surface area contributed by atoms with Gasteiger partial charge in [0.05, 0.1) is 0 Å². The normalized spacial score (nSPS) is 14.5. The molecule has 0 amide bonds. The Morgan fingerprint density at radius 3 is 2.54 bits per heavy atom. The molecule has 0 spiro atoms. The first-order valence-electron chi connectivity index (χ1n) is 7.52. The van der Waals surface area contributed by atoms with E-state index >= 15 is 0 Å². The van der Waals surface area contributed by atoms with Gasteiger partial charge in [0.1, 0.15) is 17.5 Å². The summed E-state index contributed by atoms with van der Waals surface area (Å²) in [6.45, 7) is 3.55. The second-order valence-electron chi connectivity index (χ2n) is 5.56. The number of rotatable bonds is 6. The topological polar surface area (TPSA) is 75.9 Å². The fourth-order valence-corrected chi connectivity index (χ4v) is 2.39. The average Bonchev–Trinajstić information content (AvgIpc) is 2.92. The summed E-state index contributed by atoms with van der Waals surface area (Å²) in [4.78, 5) is 12.1. The lowest BCUT2D eigenvalue weighted by molar-refractivity contribution is -0.271. The van der Waals surface area contributed by atoms with Crippen molar-refractivity contribution in [2.75, 3.05) is 11.9 Å². The van der Waals surface area contributed by atoms with Crippen LogP contribution in [0.4, 0.5) is 19.0 Å². The van der Waals surface area contributed by atoms with E-state index < -0.39 is 24.0 Å². The fraction of sp³-hybridized carbons (Fsp3) is 0.533. The molecule has 0 aromatic carbocycles. The Morgan fingerprint density at radius 1 is 1.29 bits per heavy atom. The second kappa shape index (κ2) is 6.76. The highest BCUT2D eigenvalue weighted by molar-refractivity contribution is 5.35. The van der Waals surface area contributed by atoms with Gasteiger partial charge < -0.3 is 15.0 Å². The van der Waals surface area contributed by atoms with Gasteiger partial charge in [-0.15, -0.1) is 0 Å². The monoisotopic (exact) mass is 343 g/mol. The predicted molar refractivity (Wildman–Crippen MR) is 82.4 cm³/mol. The van der Waals surface area contributed by atoms with Gasteiger partial charge in [-0.25, -0.2) is 15.0 Å². The zero-order chi connectivity index (χ0) is 18.0. The number of hydrogen-bond acceptors (Lipinski definition) is 5. The van der Waals surface area contributed by atoms with Crippen LogP contribution in [0.3, 0.4) is 0 Å². The first-order valence-corrected chi connectivity index (χ1v) is 7.52. The number of nitrogens with one attached hydrogen (secondary N) is 1. The maximum atomic E-state index is 13.4. The summed E-state index contributed by atoms with van der Waals surface area (Å²) in [6, 6.07) is 1.65. The van der Waals surface area contributed by atoms with Crippen molar-refractivity contribution in [1.82, 2.24) is 19.5 Å². The molecule has 2 aromatic heterocycles. The summed E-state index contributed by atoms with van der Waals surface area (Å²) < 4.78 is 41.4. The predicted octanol–water partition coefficient (Wildman–Crippen LogP) is 2.33. The van der Waals surface area contributed by atoms with Gasteiger partial charge in [0, 0.05) is 50.6 Å². The van der Waals surface area contributed by atoms with Crippen molar-refractivity contribution >= 4 is 5.82 Å². The average molecular weight is 343 g/mol. The molecule has 9 heteroatoms. The lowest BCUT2D eigenvalue weighted by Gasteiger charge is -2.30. The van der Waals surface area contributed by atoms with Crippen LogP contribution < -0.4 is 5.32 Å². The van der Waals surface area contributed by atoms with Crippen LogP contribution in [-0.2, 0) is 19.1 Å². The van der Waals surface area contributed by atoms with Crippen LogP contribution in [0.5, 0.6) is 0 Å². The summed E-state index contributed by atoms with van der Waals surface area (Å²) in [6.07, 6.45) is -2.23. The van der Waals surface area contributed by atoms with Gasteiger partial charge in [0.2, 0.25) is 5.60 Å². The van der Waals surface area contributed by atoms with Gasteiger partial charge in [-0.1, -0.05) is 6.92 Å². The Bertz CT molecular complexity index is 701. The van der Waals surface area contributed by atoms with Gasteiger partial charge in [-0.2, -0.15) is 13.2 Å². The number of imidazole rings is 1. The van der Waals surface area contributed by atoms with Crippen molar-refractivity contribution < 1.29 is 18.3 Å². The molecular formula is C15H20F3N5O. The zero-order valence-electron chi connectivity index (χ0n) is 13.7. The molecule has 2 heterocycles. The molecule has 0 aliphatic heterocycles. The minimum Gasteiger partial charge on any atom is -0.374 e. The minimum absolute atomic E-state index is 0.123. The van der Waals surface area contributed by atoms with Crippen molar-refractivity contribution in [2.45, 2.75) is 38.5 Å². The first kappa shape index (κ1) is 18.2. The highest BCUT2D eigenvalue weighted by Crippen LogP contribution is 2.40. The molecule has 24 heavy (non-hydrogen) atoms. The van der Waals surface area contributed by atoms with Crippen LogP contribution in [0.1, 0.15) is 30.7 Å². The SMILES string of the molecule is CCc1nc(C)cc(NCC[C@@](O)(c2nccn2C)C(F)(F)F)n1. The molecular weight excluding hydrogens is 323 g/mol. The molecule has 0 saturated heterocycles. The molecule has 6 nitrogen and oxygen atoms in total. The number of aromatic nitrogens is 4. The second-order valence-corrected chi connectivity index (χ2v) is 5.56. The molecule has 0 aliphatic carbocycles. The quantitative estimate of drug-likeness (QED) is 0.842. The van der Waals surface area contributed by atoms with Crippen LogP contribution in [-0.4, -0.2) is 37.3 Å². The van der Waals surface area contributed by atoms with E-state index in [4.69, 9.17) is 0 Å². The molecule has 0 radical (unpaired) electrons. The van der Waals surface area contributed by atoms with Gasteiger partial charge in [0.25, 0.3) is 0 Å². The van der Waals surface area contributed by atoms with Crippen molar-refractivity contribution in [3.8, 4) is 0 Å². The molecule has 2 rings (SSSR count). The van der Waals surface area contributed by atoms with Crippen LogP contribution in [0, 0.1) is 6.92 Å². The summed E-state index contributed by atoms with van der Waals surface area (Å²) in [5, 5.41) is 13.1. The third kappa shape index (κ3) is 3.66. The highest BCUT2D eigenvalue weighted by Gasteiger charge is 2.57. The number of alkyl halides is 3. The van der Waals surface area contributed by atoms with Gasteiger partial charge in [0.15, 0.2) is 0 Å². The van der Waals surface area contributed by atoms with Gasteiger partial charge >= 0.3 is 6.18 Å². The molecule has 0 unspecified atom stereocenters. The molecule has 0 bridgehead atoms. The number of nitrogens with zero attached hydrogens (tertiary/aromatic N) is 4. The lowest BCUT2D eigenvalue weighted by atomic mass is 9.97. The smallest absolute Gasteiger partial charge is 0.374 e. The third-order valence-corrected chi connectivity index (χ3v) is 3.67. The molecule has 2 aromatic rings. The molecule has 0 aliphatic rings. The van der Waals surface area contributed by atoms with Crippen LogP contribution in [0.2, 0.25) is 0 Å². The maximum Gasteiger partial charge on any atom is 0.424 e. The Labute approximate surface area is 137 Å². The Kier molecular flexibility index (Phi) is 5.12. The summed E-state index contributed by atoms with van der Waals surface area (Å²) in [7, 11) is 1.41. The largest absolute Gasteiger partial charge is 0.424 e. The molecule has 0 fully saturated rings. The summed E-state index contributed by atoms with van der Waals surface area (Å²) in [5.41, 5.74) is -2.31. The molecule has 2 N–H and O–H groups in total. The van der Waals surface area contributed by atoms with E-state index in [1.54, 1.807) is 13.0 Å². The van der Waals surface area contributed by atoms with Gasteiger partial charge in [-0.05, 0) is 6.92 Å². The first-order chi connectivity index (χ1) is 11.2. The summed E-state index contributed by atoms with van der Waals surface area (Å²) in [5.74, 6) is 0.598. The Balaban J connectivity index is 2.15. The Hall–Kier alpha value is -2.16. The van der Waals surface area contributed by atoms with Crippen LogP contribution >= 0.6 is 0 Å². The van der Waals surface area contributed by atoms with Crippen molar-refractivity contribution in [2.24, 2.45) is 7.05 Å². The molecule has 1 atom stereocenters. The number of aliphatic hydroxyl groups is 1. The maximum absolute atomic E-state index is 13.4. The molecule has 132 valence electrons. The van der Waals surface area contributed by atoms with E-state index in [2.05, 4.69) is 20.3 Å². The summed E-state index contributed by atoms with van der Waals surface area (Å²) >= 11 is 0. The van der Waals surface area contributed by atoms with E-state index in [0.717, 1.165) is 10.3 Å². The zero-order valence-corrected chi connectivity index (χ0v) is 13.7. The number of hydrogen-bond donors (Lipinski definition) is 2. The number of anilines is 1. The van der Waals surface area contributed by atoms with Gasteiger partial charge in [-0.3, -0.25) is 0 Å².